The molecule has 1 aromatic carbocycles. The van der Waals surface area contributed by atoms with Gasteiger partial charge in [0.15, 0.2) is 17.7 Å². The molecule has 1 aliphatic heterocycles. The third-order valence-electron chi connectivity index (χ3n) is 3.84. The molecule has 110 valence electrons. The Kier molecular flexibility index (Phi) is 4.60. The first-order chi connectivity index (χ1) is 9.54. The smallest absolute Gasteiger partial charge is 0.263 e. The van der Waals surface area contributed by atoms with E-state index in [4.69, 9.17) is 4.74 Å². The van der Waals surface area contributed by atoms with Gasteiger partial charge in [-0.05, 0) is 31.4 Å². The largest absolute Gasteiger partial charge is 0.478 e. The first kappa shape index (κ1) is 14.8. The lowest BCUT2D eigenvalue weighted by molar-refractivity contribution is -0.140. The quantitative estimate of drug-likeness (QED) is 0.916. The van der Waals surface area contributed by atoms with Crippen molar-refractivity contribution >= 4 is 5.91 Å². The highest BCUT2D eigenvalue weighted by molar-refractivity contribution is 5.81. The summed E-state index contributed by atoms with van der Waals surface area (Å²) in [6, 6.07) is 5.84. The summed E-state index contributed by atoms with van der Waals surface area (Å²) in [7, 11) is 0. The number of rotatable bonds is 4. The Morgan fingerprint density at radius 2 is 2.25 bits per heavy atom. The van der Waals surface area contributed by atoms with Gasteiger partial charge in [-0.15, -0.1) is 0 Å². The molecule has 3 atom stereocenters. The summed E-state index contributed by atoms with van der Waals surface area (Å²) in [5.41, 5.74) is 0. The van der Waals surface area contributed by atoms with Crippen LogP contribution in [0.2, 0.25) is 0 Å². The van der Waals surface area contributed by atoms with E-state index in [0.717, 1.165) is 6.42 Å². The van der Waals surface area contributed by atoms with Crippen LogP contribution in [0.1, 0.15) is 20.3 Å². The van der Waals surface area contributed by atoms with Gasteiger partial charge in [0.2, 0.25) is 0 Å². The molecule has 0 radical (unpaired) electrons. The van der Waals surface area contributed by atoms with Crippen LogP contribution in [0.3, 0.4) is 0 Å². The van der Waals surface area contributed by atoms with Crippen LogP contribution in [-0.2, 0) is 4.79 Å². The Labute approximate surface area is 118 Å². The topological polar surface area (TPSA) is 49.8 Å². The summed E-state index contributed by atoms with van der Waals surface area (Å²) in [6.07, 6.45) is 0.0925. The molecule has 4 nitrogen and oxygen atoms in total. The van der Waals surface area contributed by atoms with Crippen molar-refractivity contribution in [2.45, 2.75) is 32.4 Å². The highest BCUT2D eigenvalue weighted by atomic mass is 19.1. The molecule has 1 heterocycles. The number of hydrogen-bond acceptors (Lipinski definition) is 3. The molecule has 0 saturated carbocycles. The maximum atomic E-state index is 13.5. The minimum absolute atomic E-state index is 0.0562. The first-order valence-corrected chi connectivity index (χ1v) is 6.87. The zero-order valence-electron chi connectivity index (χ0n) is 11.8. The number of carbonyl (C=O) groups is 1. The van der Waals surface area contributed by atoms with E-state index in [1.54, 1.807) is 24.0 Å². The van der Waals surface area contributed by atoms with Crippen molar-refractivity contribution in [2.24, 2.45) is 5.92 Å². The van der Waals surface area contributed by atoms with Crippen molar-refractivity contribution in [3.63, 3.8) is 0 Å². The van der Waals surface area contributed by atoms with Gasteiger partial charge in [-0.3, -0.25) is 4.79 Å². The first-order valence-electron chi connectivity index (χ1n) is 6.87. The van der Waals surface area contributed by atoms with Gasteiger partial charge in [-0.1, -0.05) is 19.1 Å². The van der Waals surface area contributed by atoms with Crippen LogP contribution < -0.4 is 4.74 Å². The molecular formula is C15H20FNO3. The number of halogens is 1. The summed E-state index contributed by atoms with van der Waals surface area (Å²) >= 11 is 0. The third kappa shape index (κ3) is 2.93. The molecule has 0 spiro atoms. The lowest BCUT2D eigenvalue weighted by Gasteiger charge is -2.28. The molecule has 0 aliphatic carbocycles. The molecule has 20 heavy (non-hydrogen) atoms. The number of hydrogen-bond donors (Lipinski definition) is 1. The Morgan fingerprint density at radius 3 is 2.90 bits per heavy atom. The number of ether oxygens (including phenoxy) is 1. The number of aliphatic hydroxyl groups excluding tert-OH is 1. The molecular weight excluding hydrogens is 261 g/mol. The van der Waals surface area contributed by atoms with Crippen LogP contribution in [0.4, 0.5) is 4.39 Å². The Morgan fingerprint density at radius 1 is 1.55 bits per heavy atom. The van der Waals surface area contributed by atoms with Crippen LogP contribution in [-0.4, -0.2) is 41.2 Å². The van der Waals surface area contributed by atoms with Crippen molar-refractivity contribution in [3.05, 3.63) is 30.1 Å². The van der Waals surface area contributed by atoms with Gasteiger partial charge in [0.1, 0.15) is 0 Å². The number of nitrogens with zero attached hydrogens (tertiary/aromatic N) is 1. The molecule has 5 heteroatoms. The highest BCUT2D eigenvalue weighted by Gasteiger charge is 2.36. The molecule has 1 aromatic rings. The van der Waals surface area contributed by atoms with Gasteiger partial charge in [-0.25, -0.2) is 4.39 Å². The summed E-state index contributed by atoms with van der Waals surface area (Å²) in [6.45, 7) is 4.16. The van der Waals surface area contributed by atoms with Gasteiger partial charge in [-0.2, -0.15) is 0 Å². The maximum absolute atomic E-state index is 13.5. The van der Waals surface area contributed by atoms with Crippen molar-refractivity contribution in [2.75, 3.05) is 13.2 Å². The van der Waals surface area contributed by atoms with E-state index in [0.29, 0.717) is 6.54 Å². The Balaban J connectivity index is 2.04. The van der Waals surface area contributed by atoms with E-state index >= 15 is 0 Å². The second-order valence-electron chi connectivity index (χ2n) is 5.24. The lowest BCUT2D eigenvalue weighted by atomic mass is 10.0. The fourth-order valence-corrected chi connectivity index (χ4v) is 2.57. The fraction of sp³-hybridized carbons (Fsp3) is 0.533. The number of carbonyl (C=O) groups excluding carboxylic acids is 1. The summed E-state index contributed by atoms with van der Waals surface area (Å²) in [5, 5.41) is 9.38. The van der Waals surface area contributed by atoms with E-state index in [1.807, 2.05) is 6.92 Å². The zero-order chi connectivity index (χ0) is 14.7. The van der Waals surface area contributed by atoms with Gasteiger partial charge >= 0.3 is 0 Å². The van der Waals surface area contributed by atoms with Crippen LogP contribution in [0.5, 0.6) is 5.75 Å². The number of likely N-dealkylation sites (tertiary alicyclic amines) is 1. The predicted octanol–water partition coefficient (Wildman–Crippen LogP) is 1.82. The second-order valence-corrected chi connectivity index (χ2v) is 5.24. The Bertz CT molecular complexity index is 480. The number of amides is 1. The van der Waals surface area contributed by atoms with Crippen LogP contribution in [0.25, 0.3) is 0 Å². The summed E-state index contributed by atoms with van der Waals surface area (Å²) in [5.74, 6) is -0.358. The van der Waals surface area contributed by atoms with E-state index in [2.05, 4.69) is 0 Å². The van der Waals surface area contributed by atoms with E-state index < -0.39 is 11.9 Å². The van der Waals surface area contributed by atoms with Gasteiger partial charge in [0.05, 0.1) is 12.6 Å². The standard InChI is InChI=1S/C15H20FNO3/c1-10-7-8-17(13(10)9-18)15(19)11(2)20-14-6-4-3-5-12(14)16/h3-6,10-11,13,18H,7-9H2,1-2H3. The zero-order valence-corrected chi connectivity index (χ0v) is 11.8. The lowest BCUT2D eigenvalue weighted by Crippen LogP contribution is -2.45. The molecule has 1 amide bonds. The summed E-state index contributed by atoms with van der Waals surface area (Å²) < 4.78 is 18.9. The van der Waals surface area contributed by atoms with E-state index in [1.165, 1.54) is 12.1 Å². The van der Waals surface area contributed by atoms with Crippen molar-refractivity contribution in [3.8, 4) is 5.75 Å². The van der Waals surface area contributed by atoms with Crippen LogP contribution >= 0.6 is 0 Å². The Hall–Kier alpha value is -1.62. The van der Waals surface area contributed by atoms with Crippen molar-refractivity contribution in [1.29, 1.82) is 0 Å². The normalized spacial score (nSPS) is 23.7. The molecule has 0 aromatic heterocycles. The highest BCUT2D eigenvalue weighted by Crippen LogP contribution is 2.25. The second kappa shape index (κ2) is 6.22. The third-order valence-corrected chi connectivity index (χ3v) is 3.84. The number of benzene rings is 1. The SMILES string of the molecule is CC(Oc1ccccc1F)C(=O)N1CCC(C)C1CO. The molecule has 1 fully saturated rings. The molecule has 3 unspecified atom stereocenters. The van der Waals surface area contributed by atoms with Crippen LogP contribution in [0, 0.1) is 11.7 Å². The molecule has 1 aliphatic rings. The average Bonchev–Trinajstić information content (AvgIpc) is 2.81. The average molecular weight is 281 g/mol. The monoisotopic (exact) mass is 281 g/mol. The van der Waals surface area contributed by atoms with Gasteiger partial charge in [0.25, 0.3) is 5.91 Å². The molecule has 1 saturated heterocycles. The molecule has 1 N–H and O–H groups in total. The number of aliphatic hydroxyl groups is 1. The number of para-hydroxylation sites is 1. The maximum Gasteiger partial charge on any atom is 0.263 e. The van der Waals surface area contributed by atoms with Crippen molar-refractivity contribution < 1.29 is 19.0 Å². The van der Waals surface area contributed by atoms with E-state index in [9.17, 15) is 14.3 Å². The van der Waals surface area contributed by atoms with Crippen LogP contribution in [0.15, 0.2) is 24.3 Å². The molecule has 2 rings (SSSR count). The minimum atomic E-state index is -0.772. The molecule has 0 bridgehead atoms. The van der Waals surface area contributed by atoms with Gasteiger partial charge in [0, 0.05) is 6.54 Å². The minimum Gasteiger partial charge on any atom is -0.478 e. The van der Waals surface area contributed by atoms with Crippen molar-refractivity contribution in [1.82, 2.24) is 4.90 Å². The van der Waals surface area contributed by atoms with Gasteiger partial charge < -0.3 is 14.7 Å². The summed E-state index contributed by atoms with van der Waals surface area (Å²) in [4.78, 5) is 14.0. The van der Waals surface area contributed by atoms with E-state index in [-0.39, 0.29) is 30.2 Å². The fourth-order valence-electron chi connectivity index (χ4n) is 2.57. The predicted molar refractivity (Wildman–Crippen MR) is 72.9 cm³/mol.